The van der Waals surface area contributed by atoms with Crippen molar-refractivity contribution in [1.82, 2.24) is 10.2 Å². The summed E-state index contributed by atoms with van der Waals surface area (Å²) in [6.07, 6.45) is 4.07. The number of amides is 1. The monoisotopic (exact) mass is 372 g/mol. The zero-order valence-electron chi connectivity index (χ0n) is 15.3. The molecule has 0 saturated carbocycles. The zero-order chi connectivity index (χ0) is 17.3. The van der Waals surface area contributed by atoms with Crippen LogP contribution in [0.2, 0.25) is 0 Å². The quantitative estimate of drug-likeness (QED) is 0.780. The van der Waals surface area contributed by atoms with Crippen molar-refractivity contribution in [1.29, 1.82) is 0 Å². The molecule has 140 valence electrons. The van der Waals surface area contributed by atoms with Crippen molar-refractivity contribution in [3.8, 4) is 0 Å². The second-order valence-electron chi connectivity index (χ2n) is 6.95. The maximum atomic E-state index is 12.9. The van der Waals surface area contributed by atoms with Gasteiger partial charge >= 0.3 is 0 Å². The molecule has 1 saturated heterocycles. The Morgan fingerprint density at radius 2 is 1.38 bits per heavy atom. The van der Waals surface area contributed by atoms with Crippen LogP contribution in [0.15, 0.2) is 60.7 Å². The summed E-state index contributed by atoms with van der Waals surface area (Å²) in [5.74, 6) is 0.965. The van der Waals surface area contributed by atoms with Gasteiger partial charge < -0.3 is 10.2 Å². The van der Waals surface area contributed by atoms with Gasteiger partial charge in [0.2, 0.25) is 5.91 Å². The van der Waals surface area contributed by atoms with Gasteiger partial charge in [-0.05, 0) is 49.4 Å². The summed E-state index contributed by atoms with van der Waals surface area (Å²) in [4.78, 5) is 14.9. The average molecular weight is 373 g/mol. The smallest absolute Gasteiger partial charge is 0.223 e. The Labute approximate surface area is 163 Å². The van der Waals surface area contributed by atoms with E-state index in [1.807, 2.05) is 41.3 Å². The number of carbonyl (C=O) groups excluding carboxylic acids is 1. The van der Waals surface area contributed by atoms with Gasteiger partial charge in [-0.2, -0.15) is 0 Å². The Morgan fingerprint density at radius 1 is 0.885 bits per heavy atom. The minimum Gasteiger partial charge on any atom is -0.334 e. The van der Waals surface area contributed by atoms with Crippen LogP contribution < -0.4 is 5.32 Å². The fraction of sp³-hybridized carbons (Fsp3) is 0.409. The van der Waals surface area contributed by atoms with Gasteiger partial charge in [-0.1, -0.05) is 60.7 Å². The Morgan fingerprint density at radius 3 is 1.88 bits per heavy atom. The molecule has 1 heterocycles. The summed E-state index contributed by atoms with van der Waals surface area (Å²) in [6.45, 7) is 3.55. The highest BCUT2D eigenvalue weighted by atomic mass is 35.5. The molecule has 0 atom stereocenters. The molecule has 0 unspecified atom stereocenters. The molecule has 1 fully saturated rings. The third kappa shape index (κ3) is 6.47. The van der Waals surface area contributed by atoms with E-state index < -0.39 is 0 Å². The van der Waals surface area contributed by atoms with Crippen LogP contribution in [0.5, 0.6) is 0 Å². The number of carbonyl (C=O) groups is 1. The highest BCUT2D eigenvalue weighted by Crippen LogP contribution is 2.20. The van der Waals surface area contributed by atoms with E-state index in [1.54, 1.807) is 0 Å². The first-order valence-corrected chi connectivity index (χ1v) is 9.37. The van der Waals surface area contributed by atoms with Crippen molar-refractivity contribution in [2.45, 2.75) is 38.8 Å². The molecule has 0 aliphatic carbocycles. The van der Waals surface area contributed by atoms with Gasteiger partial charge in [-0.25, -0.2) is 0 Å². The van der Waals surface area contributed by atoms with Gasteiger partial charge in [0.1, 0.15) is 0 Å². The normalized spacial score (nSPS) is 14.5. The van der Waals surface area contributed by atoms with Crippen LogP contribution in [0.25, 0.3) is 0 Å². The molecule has 4 heteroatoms. The predicted molar refractivity (Wildman–Crippen MR) is 109 cm³/mol. The fourth-order valence-electron chi connectivity index (χ4n) is 3.50. The second kappa shape index (κ2) is 11.0. The highest BCUT2D eigenvalue weighted by Gasteiger charge is 2.18. The number of halogens is 1. The number of rotatable bonds is 7. The van der Waals surface area contributed by atoms with Crippen LogP contribution in [0.4, 0.5) is 0 Å². The van der Waals surface area contributed by atoms with Crippen LogP contribution in [0, 0.1) is 5.92 Å². The molecule has 1 aliphatic heterocycles. The van der Waals surface area contributed by atoms with E-state index in [4.69, 9.17) is 0 Å². The van der Waals surface area contributed by atoms with Crippen molar-refractivity contribution in [2.75, 3.05) is 13.1 Å². The molecule has 26 heavy (non-hydrogen) atoms. The van der Waals surface area contributed by atoms with E-state index in [-0.39, 0.29) is 18.3 Å². The molecule has 1 amide bonds. The molecule has 2 aromatic carbocycles. The van der Waals surface area contributed by atoms with Gasteiger partial charge in [-0.15, -0.1) is 12.4 Å². The van der Waals surface area contributed by atoms with Crippen LogP contribution in [-0.2, 0) is 17.9 Å². The van der Waals surface area contributed by atoms with E-state index in [0.717, 1.165) is 19.5 Å². The lowest BCUT2D eigenvalue weighted by Crippen LogP contribution is -2.32. The number of piperidine rings is 1. The second-order valence-corrected chi connectivity index (χ2v) is 6.95. The summed E-state index contributed by atoms with van der Waals surface area (Å²) >= 11 is 0. The molecular formula is C22H29ClN2O. The lowest BCUT2D eigenvalue weighted by Gasteiger charge is -2.26. The minimum atomic E-state index is 0. The standard InChI is InChI=1S/C22H28N2O.ClH/c25-22(12-11-19-13-15-23-16-14-19)24(17-20-7-3-1-4-8-20)18-21-9-5-2-6-10-21;/h1-10,19,23H,11-18H2;1H. The molecule has 3 nitrogen and oxygen atoms in total. The van der Waals surface area contributed by atoms with E-state index >= 15 is 0 Å². The third-order valence-corrected chi connectivity index (χ3v) is 5.01. The number of nitrogens with one attached hydrogen (secondary N) is 1. The molecule has 0 bridgehead atoms. The Hall–Kier alpha value is -1.84. The lowest BCUT2D eigenvalue weighted by atomic mass is 9.93. The van der Waals surface area contributed by atoms with Gasteiger partial charge in [0.25, 0.3) is 0 Å². The largest absolute Gasteiger partial charge is 0.334 e. The highest BCUT2D eigenvalue weighted by molar-refractivity contribution is 5.85. The van der Waals surface area contributed by atoms with Gasteiger partial charge in [-0.3, -0.25) is 4.79 Å². The Balaban J connectivity index is 0.00000243. The van der Waals surface area contributed by atoms with Gasteiger partial charge in [0, 0.05) is 19.5 Å². The van der Waals surface area contributed by atoms with Crippen molar-refractivity contribution in [3.05, 3.63) is 71.8 Å². The zero-order valence-corrected chi connectivity index (χ0v) is 16.1. The van der Waals surface area contributed by atoms with E-state index in [1.165, 1.54) is 24.0 Å². The molecule has 0 aromatic heterocycles. The van der Waals surface area contributed by atoms with Gasteiger partial charge in [0.05, 0.1) is 0 Å². The van der Waals surface area contributed by atoms with E-state index in [0.29, 0.717) is 25.4 Å². The first-order valence-electron chi connectivity index (χ1n) is 9.37. The lowest BCUT2D eigenvalue weighted by molar-refractivity contribution is -0.132. The van der Waals surface area contributed by atoms with Crippen molar-refractivity contribution in [3.63, 3.8) is 0 Å². The maximum absolute atomic E-state index is 12.9. The predicted octanol–water partition coefficient (Wildman–Crippen LogP) is 4.42. The van der Waals surface area contributed by atoms with Crippen LogP contribution in [0.3, 0.4) is 0 Å². The van der Waals surface area contributed by atoms with Crippen LogP contribution in [-0.4, -0.2) is 23.9 Å². The summed E-state index contributed by atoms with van der Waals surface area (Å²) in [5.41, 5.74) is 2.38. The summed E-state index contributed by atoms with van der Waals surface area (Å²) < 4.78 is 0. The first-order chi connectivity index (χ1) is 12.3. The molecule has 1 N–H and O–H groups in total. The van der Waals surface area contributed by atoms with Crippen molar-refractivity contribution in [2.24, 2.45) is 5.92 Å². The molecule has 0 radical (unpaired) electrons. The Bertz CT molecular complexity index is 600. The van der Waals surface area contributed by atoms with Crippen LogP contribution in [0.1, 0.15) is 36.8 Å². The summed E-state index contributed by atoms with van der Waals surface area (Å²) in [6, 6.07) is 20.6. The Kier molecular flexibility index (Phi) is 8.66. The van der Waals surface area contributed by atoms with Gasteiger partial charge in [0.15, 0.2) is 0 Å². The van der Waals surface area contributed by atoms with Crippen molar-refractivity contribution < 1.29 is 4.79 Å². The first kappa shape index (κ1) is 20.5. The van der Waals surface area contributed by atoms with E-state index in [9.17, 15) is 4.79 Å². The number of benzene rings is 2. The maximum Gasteiger partial charge on any atom is 0.223 e. The minimum absolute atomic E-state index is 0. The molecular weight excluding hydrogens is 344 g/mol. The SMILES string of the molecule is Cl.O=C(CCC1CCNCC1)N(Cc1ccccc1)Cc1ccccc1. The summed E-state index contributed by atoms with van der Waals surface area (Å²) in [7, 11) is 0. The number of hydrogen-bond donors (Lipinski definition) is 1. The van der Waals surface area contributed by atoms with Crippen LogP contribution >= 0.6 is 12.4 Å². The topological polar surface area (TPSA) is 32.3 Å². The molecule has 1 aliphatic rings. The average Bonchev–Trinajstić information content (AvgIpc) is 2.68. The van der Waals surface area contributed by atoms with E-state index in [2.05, 4.69) is 29.6 Å². The number of hydrogen-bond acceptors (Lipinski definition) is 2. The molecule has 3 rings (SSSR count). The number of nitrogens with zero attached hydrogens (tertiary/aromatic N) is 1. The fourth-order valence-corrected chi connectivity index (χ4v) is 3.50. The molecule has 0 spiro atoms. The molecule has 2 aromatic rings. The third-order valence-electron chi connectivity index (χ3n) is 5.01. The van der Waals surface area contributed by atoms with Crippen molar-refractivity contribution >= 4 is 18.3 Å². The summed E-state index contributed by atoms with van der Waals surface area (Å²) in [5, 5.41) is 3.40.